The molecule has 148 valence electrons. The molecule has 0 aliphatic carbocycles. The molecule has 1 unspecified atom stereocenters. The second kappa shape index (κ2) is 7.61. The second-order valence-corrected chi connectivity index (χ2v) is 8.14. The van der Waals surface area contributed by atoms with E-state index in [1.165, 1.54) is 12.4 Å². The highest BCUT2D eigenvalue weighted by atomic mass is 32.2. The Kier molecular flexibility index (Phi) is 4.99. The van der Waals surface area contributed by atoms with Gasteiger partial charge >= 0.3 is 0 Å². The summed E-state index contributed by atoms with van der Waals surface area (Å²) in [5.74, 6) is 0.630. The summed E-state index contributed by atoms with van der Waals surface area (Å²) in [5, 5.41) is 13.9. The Morgan fingerprint density at radius 1 is 1.10 bits per heavy atom. The van der Waals surface area contributed by atoms with Gasteiger partial charge in [-0.1, -0.05) is 37.3 Å². The molecule has 0 amide bonds. The molecule has 0 saturated carbocycles. The summed E-state index contributed by atoms with van der Waals surface area (Å²) in [6.07, 6.45) is 3.92. The minimum Gasteiger partial charge on any atom is -0.363 e. The number of primary sulfonamides is 1. The molecule has 29 heavy (non-hydrogen) atoms. The predicted molar refractivity (Wildman–Crippen MR) is 111 cm³/mol. The minimum absolute atomic E-state index is 0.0833. The number of hydrogen-bond donors (Lipinski definition) is 2. The van der Waals surface area contributed by atoms with Crippen molar-refractivity contribution in [2.75, 3.05) is 5.32 Å². The van der Waals surface area contributed by atoms with Gasteiger partial charge in [0.2, 0.25) is 10.0 Å². The Bertz CT molecular complexity index is 1250. The summed E-state index contributed by atoms with van der Waals surface area (Å²) in [5.41, 5.74) is 2.39. The molecule has 1 atom stereocenters. The topological polar surface area (TPSA) is 116 Å². The lowest BCUT2D eigenvalue weighted by Gasteiger charge is -2.19. The van der Waals surface area contributed by atoms with E-state index in [9.17, 15) is 8.42 Å². The molecule has 9 heteroatoms. The lowest BCUT2D eigenvalue weighted by atomic mass is 10.0. The lowest BCUT2D eigenvalue weighted by molar-refractivity contribution is 0.597. The first-order valence-corrected chi connectivity index (χ1v) is 10.7. The zero-order valence-electron chi connectivity index (χ0n) is 15.7. The van der Waals surface area contributed by atoms with Crippen LogP contribution in [0, 0.1) is 0 Å². The van der Waals surface area contributed by atoms with Crippen LogP contribution in [-0.2, 0) is 10.0 Å². The number of hydrogen-bond acceptors (Lipinski definition) is 6. The van der Waals surface area contributed by atoms with Crippen LogP contribution in [0.3, 0.4) is 0 Å². The highest BCUT2D eigenvalue weighted by Crippen LogP contribution is 2.28. The van der Waals surface area contributed by atoms with Crippen molar-refractivity contribution in [3.05, 3.63) is 72.7 Å². The molecule has 4 rings (SSSR count). The third-order valence-corrected chi connectivity index (χ3v) is 5.59. The van der Waals surface area contributed by atoms with Crippen molar-refractivity contribution in [1.29, 1.82) is 0 Å². The zero-order chi connectivity index (χ0) is 20.4. The van der Waals surface area contributed by atoms with Crippen molar-refractivity contribution in [2.24, 2.45) is 5.14 Å². The maximum absolute atomic E-state index is 11.7. The number of benzene rings is 2. The van der Waals surface area contributed by atoms with E-state index in [1.54, 1.807) is 23.0 Å². The Morgan fingerprint density at radius 3 is 2.62 bits per heavy atom. The molecule has 2 aromatic heterocycles. The van der Waals surface area contributed by atoms with E-state index in [1.807, 2.05) is 43.3 Å². The molecule has 0 bridgehead atoms. The van der Waals surface area contributed by atoms with E-state index in [0.717, 1.165) is 16.6 Å². The Labute approximate surface area is 168 Å². The van der Waals surface area contributed by atoms with Gasteiger partial charge in [0.15, 0.2) is 5.65 Å². The number of anilines is 1. The Balaban J connectivity index is 1.71. The average Bonchev–Trinajstić information content (AvgIpc) is 3.17. The molecule has 0 aliphatic rings. The molecular weight excluding hydrogens is 388 g/mol. The average molecular weight is 408 g/mol. The third-order valence-electron chi connectivity index (χ3n) is 4.67. The fourth-order valence-electron chi connectivity index (χ4n) is 3.21. The first kappa shape index (κ1) is 19.0. The molecule has 0 radical (unpaired) electrons. The molecule has 0 fully saturated rings. The van der Waals surface area contributed by atoms with Gasteiger partial charge in [-0.2, -0.15) is 5.10 Å². The van der Waals surface area contributed by atoms with Gasteiger partial charge in [-0.3, -0.25) is 0 Å². The number of sulfonamides is 1. The molecule has 8 nitrogen and oxygen atoms in total. The first-order chi connectivity index (χ1) is 14.0. The number of nitrogens with zero attached hydrogens (tertiary/aromatic N) is 4. The summed E-state index contributed by atoms with van der Waals surface area (Å²) in [6, 6.07) is 16.2. The van der Waals surface area contributed by atoms with Crippen LogP contribution in [0.1, 0.15) is 24.9 Å². The highest BCUT2D eigenvalue weighted by Gasteiger charge is 2.17. The number of nitrogens with one attached hydrogen (secondary N) is 1. The SMILES string of the molecule is CCC(Nc1ncnc2c1cnn2-c1ccccc1)c1cccc(S(N)(=O)=O)c1. The maximum Gasteiger partial charge on any atom is 0.238 e. The van der Waals surface area contributed by atoms with Crippen LogP contribution in [0.15, 0.2) is 72.0 Å². The van der Waals surface area contributed by atoms with Crippen LogP contribution >= 0.6 is 0 Å². The number of fused-ring (bicyclic) bond motifs is 1. The van der Waals surface area contributed by atoms with Crippen molar-refractivity contribution in [1.82, 2.24) is 19.7 Å². The van der Waals surface area contributed by atoms with Gasteiger partial charge in [-0.25, -0.2) is 28.2 Å². The quantitative estimate of drug-likeness (QED) is 0.507. The summed E-state index contributed by atoms with van der Waals surface area (Å²) in [6.45, 7) is 2.01. The highest BCUT2D eigenvalue weighted by molar-refractivity contribution is 7.89. The molecule has 2 aromatic carbocycles. The van der Waals surface area contributed by atoms with Crippen LogP contribution in [0.4, 0.5) is 5.82 Å². The number of nitrogens with two attached hydrogens (primary N) is 1. The standard InChI is InChI=1S/C20H20N6O2S/c1-2-18(14-7-6-10-16(11-14)29(21,27)28)25-19-17-12-24-26(20(17)23-13-22-19)15-8-4-3-5-9-15/h3-13,18H,2H2,1H3,(H2,21,27,28)(H,22,23,25). The Morgan fingerprint density at radius 2 is 1.90 bits per heavy atom. The van der Waals surface area contributed by atoms with E-state index in [-0.39, 0.29) is 10.9 Å². The van der Waals surface area contributed by atoms with Gasteiger partial charge in [0.25, 0.3) is 0 Å². The maximum atomic E-state index is 11.7. The monoisotopic (exact) mass is 408 g/mol. The van der Waals surface area contributed by atoms with Crippen molar-refractivity contribution >= 4 is 26.9 Å². The second-order valence-electron chi connectivity index (χ2n) is 6.57. The van der Waals surface area contributed by atoms with Crippen molar-refractivity contribution in [3.8, 4) is 5.69 Å². The van der Waals surface area contributed by atoms with Crippen LogP contribution in [-0.4, -0.2) is 28.2 Å². The number of aromatic nitrogens is 4. The van der Waals surface area contributed by atoms with Gasteiger partial charge in [-0.15, -0.1) is 0 Å². The van der Waals surface area contributed by atoms with Gasteiger partial charge in [-0.05, 0) is 36.2 Å². The van der Waals surface area contributed by atoms with E-state index in [4.69, 9.17) is 5.14 Å². The van der Waals surface area contributed by atoms with Gasteiger partial charge in [0, 0.05) is 0 Å². The summed E-state index contributed by atoms with van der Waals surface area (Å²) in [4.78, 5) is 8.85. The first-order valence-electron chi connectivity index (χ1n) is 9.11. The van der Waals surface area contributed by atoms with E-state index in [0.29, 0.717) is 17.9 Å². The molecule has 0 saturated heterocycles. The van der Waals surface area contributed by atoms with Gasteiger partial charge in [0.1, 0.15) is 12.1 Å². The predicted octanol–water partition coefficient (Wildman–Crippen LogP) is 3.03. The van der Waals surface area contributed by atoms with Crippen LogP contribution in [0.2, 0.25) is 0 Å². The summed E-state index contributed by atoms with van der Waals surface area (Å²) < 4.78 is 25.1. The van der Waals surface area contributed by atoms with E-state index >= 15 is 0 Å². The smallest absolute Gasteiger partial charge is 0.238 e. The van der Waals surface area contributed by atoms with E-state index < -0.39 is 10.0 Å². The molecule has 0 spiro atoms. The van der Waals surface area contributed by atoms with Gasteiger partial charge < -0.3 is 5.32 Å². The molecular formula is C20H20N6O2S. The zero-order valence-corrected chi connectivity index (χ0v) is 16.5. The molecule has 4 aromatic rings. The molecule has 3 N–H and O–H groups in total. The van der Waals surface area contributed by atoms with Crippen molar-refractivity contribution < 1.29 is 8.42 Å². The van der Waals surface area contributed by atoms with Crippen molar-refractivity contribution in [2.45, 2.75) is 24.3 Å². The molecule has 0 aliphatic heterocycles. The minimum atomic E-state index is -3.77. The number of para-hydroxylation sites is 1. The molecule has 2 heterocycles. The third kappa shape index (κ3) is 3.82. The normalized spacial score (nSPS) is 12.8. The van der Waals surface area contributed by atoms with Crippen LogP contribution in [0.25, 0.3) is 16.7 Å². The Hall–Kier alpha value is -3.30. The summed E-state index contributed by atoms with van der Waals surface area (Å²) in [7, 11) is -3.77. The fraction of sp³-hybridized carbons (Fsp3) is 0.150. The van der Waals surface area contributed by atoms with Gasteiger partial charge in [0.05, 0.1) is 28.2 Å². The van der Waals surface area contributed by atoms with Crippen molar-refractivity contribution in [3.63, 3.8) is 0 Å². The van der Waals surface area contributed by atoms with Crippen LogP contribution in [0.5, 0.6) is 0 Å². The van der Waals surface area contributed by atoms with Crippen LogP contribution < -0.4 is 10.5 Å². The number of rotatable bonds is 6. The lowest BCUT2D eigenvalue weighted by Crippen LogP contribution is -2.15. The fourth-order valence-corrected chi connectivity index (χ4v) is 3.78. The van der Waals surface area contributed by atoms with E-state index in [2.05, 4.69) is 20.4 Å². The summed E-state index contributed by atoms with van der Waals surface area (Å²) >= 11 is 0. The largest absolute Gasteiger partial charge is 0.363 e.